The van der Waals surface area contributed by atoms with E-state index >= 15 is 4.79 Å². The number of esters is 1. The summed E-state index contributed by atoms with van der Waals surface area (Å²) in [5.74, 6) is -8.47. The second-order valence-corrected chi connectivity index (χ2v) is 17.2. The van der Waals surface area contributed by atoms with Crippen LogP contribution in [-0.2, 0) is 23.8 Å². The lowest BCUT2D eigenvalue weighted by Crippen LogP contribution is -2.50. The number of piperazine rings is 1. The number of aromatic hydroxyl groups is 1. The van der Waals surface area contributed by atoms with E-state index in [1.165, 1.54) is 53.2 Å². The fraction of sp³-hybridized carbons (Fsp3) is 0.479. The number of nitrogens with zero attached hydrogens (tertiary/aromatic N) is 2. The molecule has 2 aromatic rings. The third kappa shape index (κ3) is 8.91. The van der Waals surface area contributed by atoms with Crippen molar-refractivity contribution in [2.24, 2.45) is 23.7 Å². The Morgan fingerprint density at radius 2 is 1.48 bits per heavy atom. The highest BCUT2D eigenvalue weighted by molar-refractivity contribution is 6.32. The van der Waals surface area contributed by atoms with Gasteiger partial charge in [0.1, 0.15) is 34.7 Å². The normalized spacial score (nSPS) is 31.1. The molecule has 4 aliphatic heterocycles. The van der Waals surface area contributed by atoms with E-state index in [2.05, 4.69) is 10.2 Å². The molecule has 1 fully saturated rings. The number of phenols is 1. The van der Waals surface area contributed by atoms with Gasteiger partial charge in [0.05, 0.1) is 48.4 Å². The van der Waals surface area contributed by atoms with Crippen molar-refractivity contribution in [2.75, 3.05) is 45.3 Å². The van der Waals surface area contributed by atoms with Gasteiger partial charge in [-0.2, -0.15) is 0 Å². The minimum atomic E-state index is -2.09. The van der Waals surface area contributed by atoms with Crippen molar-refractivity contribution in [1.29, 1.82) is 0 Å². The molecule has 344 valence electrons. The molecule has 1 aliphatic carbocycles. The predicted octanol–water partition coefficient (Wildman–Crippen LogP) is 4.79. The molecular formula is C48H59N3O13. The van der Waals surface area contributed by atoms with Crippen LogP contribution in [-0.4, -0.2) is 120 Å². The van der Waals surface area contributed by atoms with Crippen molar-refractivity contribution >= 4 is 34.9 Å². The first-order chi connectivity index (χ1) is 30.3. The zero-order chi connectivity index (χ0) is 46.9. The third-order valence-corrected chi connectivity index (χ3v) is 13.0. The SMILES string of the molecule is COc1ccc(N2CCN(C3=C4NC(=O)/C(C)=C\C=C\C(C)C(O)C(C)C(O)C(C)C(OC(C)=O)C(C)C(OC)/C=C/OC5(C)Oc6c(C)c(O)c(c(c6C5=O)C3=O)C4=O)CC2)cc1. The van der Waals surface area contributed by atoms with Gasteiger partial charge < -0.3 is 54.1 Å². The highest BCUT2D eigenvalue weighted by Crippen LogP contribution is 2.49. The van der Waals surface area contributed by atoms with E-state index in [9.17, 15) is 34.5 Å². The lowest BCUT2D eigenvalue weighted by atomic mass is 9.78. The molecule has 0 spiro atoms. The lowest BCUT2D eigenvalue weighted by molar-refractivity contribution is -0.160. The Hall–Kier alpha value is -5.97. The molecule has 2 aromatic carbocycles. The molecule has 5 aliphatic rings. The van der Waals surface area contributed by atoms with Crippen LogP contribution in [0.1, 0.15) is 85.1 Å². The number of ketones is 3. The Balaban J connectivity index is 1.46. The van der Waals surface area contributed by atoms with Crippen molar-refractivity contribution < 1.29 is 63.0 Å². The summed E-state index contributed by atoms with van der Waals surface area (Å²) in [6, 6.07) is 7.51. The minimum absolute atomic E-state index is 0.000725. The number of rotatable bonds is 5. The number of hydrogen-bond acceptors (Lipinski definition) is 15. The maximum absolute atomic E-state index is 15.1. The van der Waals surface area contributed by atoms with Gasteiger partial charge in [-0.1, -0.05) is 45.9 Å². The largest absolute Gasteiger partial charge is 0.507 e. The number of anilines is 1. The Labute approximate surface area is 373 Å². The van der Waals surface area contributed by atoms with E-state index in [0.29, 0.717) is 18.8 Å². The summed E-state index contributed by atoms with van der Waals surface area (Å²) >= 11 is 0. The van der Waals surface area contributed by atoms with Crippen molar-refractivity contribution in [3.05, 3.63) is 94.1 Å². The monoisotopic (exact) mass is 885 g/mol. The number of allylic oxidation sites excluding steroid dienone is 4. The number of ether oxygens (including phenoxy) is 5. The summed E-state index contributed by atoms with van der Waals surface area (Å²) in [7, 11) is 3.01. The molecule has 9 atom stereocenters. The van der Waals surface area contributed by atoms with Gasteiger partial charge in [0, 0.05) is 87.6 Å². The van der Waals surface area contributed by atoms with Crippen LogP contribution >= 0.6 is 0 Å². The topological polar surface area (TPSA) is 211 Å². The molecule has 16 nitrogen and oxygen atoms in total. The molecule has 0 radical (unpaired) electrons. The molecule has 9 unspecified atom stereocenters. The molecule has 1 amide bonds. The number of phenolic OH excluding ortho intramolecular Hbond substituents is 1. The maximum atomic E-state index is 15.1. The number of carbonyl (C=O) groups excluding carboxylic acids is 5. The van der Waals surface area contributed by atoms with Crippen molar-refractivity contribution in [3.63, 3.8) is 0 Å². The molecule has 1 saturated heterocycles. The highest BCUT2D eigenvalue weighted by atomic mass is 16.7. The minimum Gasteiger partial charge on any atom is -0.507 e. The number of aliphatic hydroxyl groups excluding tert-OH is 2. The first kappa shape index (κ1) is 47.5. The number of hydrogen-bond donors (Lipinski definition) is 4. The molecular weight excluding hydrogens is 827 g/mol. The maximum Gasteiger partial charge on any atom is 0.312 e. The van der Waals surface area contributed by atoms with E-state index in [4.69, 9.17) is 23.7 Å². The van der Waals surface area contributed by atoms with Crippen LogP contribution in [0.3, 0.4) is 0 Å². The van der Waals surface area contributed by atoms with Crippen LogP contribution < -0.4 is 19.7 Å². The van der Waals surface area contributed by atoms with Gasteiger partial charge >= 0.3 is 11.8 Å². The summed E-state index contributed by atoms with van der Waals surface area (Å²) in [6.07, 6.45) is 3.44. The van der Waals surface area contributed by atoms with Crippen LogP contribution in [0.2, 0.25) is 0 Å². The Morgan fingerprint density at radius 1 is 0.844 bits per heavy atom. The van der Waals surface area contributed by atoms with E-state index in [1.807, 2.05) is 24.3 Å². The summed E-state index contributed by atoms with van der Waals surface area (Å²) in [5, 5.41) is 37.3. The number of methoxy groups -OCH3 is 2. The number of Topliss-reactive ketones (excluding diaryl/α,β-unsaturated/α-hetero) is 3. The first-order valence-electron chi connectivity index (χ1n) is 21.4. The number of fused-ring (bicyclic) bond motifs is 14. The van der Waals surface area contributed by atoms with Crippen LogP contribution in [0.4, 0.5) is 5.69 Å². The zero-order valence-corrected chi connectivity index (χ0v) is 38.0. The Kier molecular flexibility index (Phi) is 14.1. The summed E-state index contributed by atoms with van der Waals surface area (Å²) in [6.45, 7) is 13.8. The Bertz CT molecular complexity index is 2310. The van der Waals surface area contributed by atoms with Crippen LogP contribution in [0.5, 0.6) is 17.2 Å². The number of aliphatic hydroxyl groups is 2. The van der Waals surface area contributed by atoms with Gasteiger partial charge in [0.15, 0.2) is 0 Å². The van der Waals surface area contributed by atoms with Gasteiger partial charge in [0.25, 0.3) is 11.7 Å². The lowest BCUT2D eigenvalue weighted by Gasteiger charge is -2.39. The number of carbonyl (C=O) groups is 5. The number of benzene rings is 2. The third-order valence-electron chi connectivity index (χ3n) is 13.0. The molecule has 7 rings (SSSR count). The fourth-order valence-electron chi connectivity index (χ4n) is 8.96. The average Bonchev–Trinajstić information content (AvgIpc) is 3.54. The molecule has 4 N–H and O–H groups in total. The molecule has 5 bridgehead atoms. The van der Waals surface area contributed by atoms with E-state index in [0.717, 1.165) is 5.69 Å². The van der Waals surface area contributed by atoms with E-state index in [1.54, 1.807) is 51.9 Å². The number of amides is 1. The molecule has 0 aromatic heterocycles. The Morgan fingerprint density at radius 3 is 2.09 bits per heavy atom. The molecule has 0 saturated carbocycles. The van der Waals surface area contributed by atoms with Crippen LogP contribution in [0.25, 0.3) is 0 Å². The van der Waals surface area contributed by atoms with Gasteiger partial charge in [-0.25, -0.2) is 0 Å². The first-order valence-corrected chi connectivity index (χ1v) is 21.4. The molecule has 4 heterocycles. The van der Waals surface area contributed by atoms with Crippen LogP contribution in [0, 0.1) is 30.6 Å². The zero-order valence-electron chi connectivity index (χ0n) is 38.0. The van der Waals surface area contributed by atoms with Gasteiger partial charge in [-0.3, -0.25) is 24.0 Å². The van der Waals surface area contributed by atoms with E-state index in [-0.39, 0.29) is 52.5 Å². The second-order valence-electron chi connectivity index (χ2n) is 17.2. The van der Waals surface area contributed by atoms with Crippen molar-refractivity contribution in [3.8, 4) is 17.2 Å². The summed E-state index contributed by atoms with van der Waals surface area (Å²) in [5.41, 5.74) is -0.540. The second kappa shape index (κ2) is 19.0. The summed E-state index contributed by atoms with van der Waals surface area (Å²) in [4.78, 5) is 74.5. The van der Waals surface area contributed by atoms with E-state index < -0.39 is 94.4 Å². The highest BCUT2D eigenvalue weighted by Gasteiger charge is 2.53. The van der Waals surface area contributed by atoms with Gasteiger partial charge in [-0.05, 0) is 44.2 Å². The predicted molar refractivity (Wildman–Crippen MR) is 235 cm³/mol. The quantitative estimate of drug-likeness (QED) is 0.298. The molecule has 16 heteroatoms. The van der Waals surface area contributed by atoms with Gasteiger partial charge in [-0.15, -0.1) is 0 Å². The standard InChI is InChI=1S/C48H59N3O13/c1-24-12-11-13-25(2)47(59)49-37-38(51-21-19-50(20-22-51)31-14-16-32(60-9)17-15-31)43(57)34-35(42(37)56)41(55)29(6)45-36(34)46(58)48(8,64-45)62-23-18-33(61-10)26(3)44(63-30(7)52)28(5)40(54)27(4)39(24)53/h11-18,23-24,26-28,33,39-40,44,53-55H,19-22H2,1-10H3,(H,49,59)/b12-11+,23-18+,25-13-. The summed E-state index contributed by atoms with van der Waals surface area (Å²) < 4.78 is 29.0. The number of nitrogens with one attached hydrogen (secondary N) is 1. The van der Waals surface area contributed by atoms with Crippen LogP contribution in [0.15, 0.2) is 71.8 Å². The average molecular weight is 886 g/mol. The van der Waals surface area contributed by atoms with Gasteiger partial charge in [0.2, 0.25) is 11.6 Å². The molecule has 64 heavy (non-hydrogen) atoms. The van der Waals surface area contributed by atoms with Crippen molar-refractivity contribution in [2.45, 2.75) is 85.6 Å². The smallest absolute Gasteiger partial charge is 0.312 e. The fourth-order valence-corrected chi connectivity index (χ4v) is 8.96. The van der Waals surface area contributed by atoms with Crippen molar-refractivity contribution in [1.82, 2.24) is 10.2 Å².